The van der Waals surface area contributed by atoms with Gasteiger partial charge in [-0.1, -0.05) is 29.4 Å². The van der Waals surface area contributed by atoms with Crippen molar-refractivity contribution in [3.05, 3.63) is 53.1 Å². The fourth-order valence-corrected chi connectivity index (χ4v) is 5.95. The number of anilines is 3. The predicted octanol–water partition coefficient (Wildman–Crippen LogP) is 3.25. The Hall–Kier alpha value is -2.62. The summed E-state index contributed by atoms with van der Waals surface area (Å²) in [4.78, 5) is 20.7. The van der Waals surface area contributed by atoms with Crippen LogP contribution in [0.4, 0.5) is 17.5 Å². The van der Waals surface area contributed by atoms with E-state index >= 15 is 0 Å². The van der Waals surface area contributed by atoms with Crippen LogP contribution >= 0.6 is 23.4 Å². The summed E-state index contributed by atoms with van der Waals surface area (Å²) in [7, 11) is 0. The number of fused-ring (bicyclic) bond motifs is 1. The van der Waals surface area contributed by atoms with Crippen molar-refractivity contribution in [2.45, 2.75) is 41.6 Å². The number of aromatic nitrogens is 4. The second-order valence-electron chi connectivity index (χ2n) is 8.67. The average molecular weight is 469 g/mol. The smallest absolute Gasteiger partial charge is 0.158 e. The largest absolute Gasteiger partial charge is 0.382 e. The Kier molecular flexibility index (Phi) is 5.15. The van der Waals surface area contributed by atoms with Crippen LogP contribution in [-0.2, 0) is 12.0 Å². The molecule has 0 saturated carbocycles. The van der Waals surface area contributed by atoms with E-state index in [4.69, 9.17) is 28.8 Å². The van der Waals surface area contributed by atoms with Crippen molar-refractivity contribution in [1.82, 2.24) is 19.9 Å². The van der Waals surface area contributed by atoms with Gasteiger partial charge in [-0.25, -0.2) is 15.0 Å². The lowest BCUT2D eigenvalue weighted by molar-refractivity contribution is 0.114. The van der Waals surface area contributed by atoms with Crippen LogP contribution in [0, 0.1) is 5.41 Å². The molecule has 0 amide bonds. The van der Waals surface area contributed by atoms with Gasteiger partial charge in [0.15, 0.2) is 5.82 Å². The van der Waals surface area contributed by atoms with Gasteiger partial charge in [-0.15, -0.1) is 0 Å². The number of rotatable bonds is 3. The lowest BCUT2D eigenvalue weighted by Gasteiger charge is -2.47. The molecule has 1 aliphatic heterocycles. The first-order chi connectivity index (χ1) is 15.3. The zero-order valence-electron chi connectivity index (χ0n) is 17.8. The maximum absolute atomic E-state index is 6.89. The van der Waals surface area contributed by atoms with Crippen molar-refractivity contribution >= 4 is 40.8 Å². The number of nitrogens with zero attached hydrogens (tertiary/aromatic N) is 5. The molecule has 0 radical (unpaired) electrons. The molecule has 4 heterocycles. The van der Waals surface area contributed by atoms with Crippen molar-refractivity contribution in [3.8, 4) is 0 Å². The van der Waals surface area contributed by atoms with E-state index in [0.717, 1.165) is 48.8 Å². The summed E-state index contributed by atoms with van der Waals surface area (Å²) >= 11 is 7.57. The minimum atomic E-state index is -0.389. The van der Waals surface area contributed by atoms with E-state index in [1.807, 2.05) is 12.3 Å². The normalized spacial score (nSPS) is 21.7. The van der Waals surface area contributed by atoms with Crippen LogP contribution < -0.4 is 22.1 Å². The summed E-state index contributed by atoms with van der Waals surface area (Å²) in [6.45, 7) is 3.83. The number of nitrogens with two attached hydrogens (primary N) is 3. The number of halogens is 1. The topological polar surface area (TPSA) is 133 Å². The summed E-state index contributed by atoms with van der Waals surface area (Å²) in [6.07, 6.45) is 8.06. The summed E-state index contributed by atoms with van der Waals surface area (Å²) in [5.74, 6) is 1.41. The molecule has 1 unspecified atom stereocenters. The first kappa shape index (κ1) is 21.2. The van der Waals surface area contributed by atoms with E-state index < -0.39 is 0 Å². The number of hydrogen-bond acceptors (Lipinski definition) is 9. The van der Waals surface area contributed by atoms with Gasteiger partial charge in [-0.05, 0) is 43.9 Å². The predicted molar refractivity (Wildman–Crippen MR) is 128 cm³/mol. The number of pyridine rings is 2. The van der Waals surface area contributed by atoms with E-state index in [2.05, 4.69) is 37.8 Å². The zero-order chi connectivity index (χ0) is 22.5. The molecule has 1 spiro atoms. The third-order valence-electron chi connectivity index (χ3n) is 6.94. The molecule has 0 bridgehead atoms. The van der Waals surface area contributed by atoms with Gasteiger partial charge in [0.1, 0.15) is 16.7 Å². The van der Waals surface area contributed by atoms with Gasteiger partial charge in [-0.3, -0.25) is 4.98 Å². The average Bonchev–Trinajstić information content (AvgIpc) is 3.00. The molecule has 1 aliphatic carbocycles. The van der Waals surface area contributed by atoms with Gasteiger partial charge in [0.25, 0.3) is 0 Å². The summed E-state index contributed by atoms with van der Waals surface area (Å²) in [5, 5.41) is 0.975. The Bertz CT molecular complexity index is 1180. The Balaban J connectivity index is 1.32. The molecule has 5 rings (SSSR count). The van der Waals surface area contributed by atoms with Crippen molar-refractivity contribution in [2.24, 2.45) is 11.1 Å². The van der Waals surface area contributed by atoms with Crippen molar-refractivity contribution in [1.29, 1.82) is 0 Å². The van der Waals surface area contributed by atoms with Gasteiger partial charge in [0.2, 0.25) is 0 Å². The molecule has 10 heteroatoms. The highest BCUT2D eigenvalue weighted by molar-refractivity contribution is 7.99. The van der Waals surface area contributed by atoms with E-state index in [0.29, 0.717) is 15.9 Å². The summed E-state index contributed by atoms with van der Waals surface area (Å²) < 4.78 is 0. The quantitative estimate of drug-likeness (QED) is 0.529. The zero-order valence-corrected chi connectivity index (χ0v) is 19.3. The Morgan fingerprint density at radius 3 is 2.56 bits per heavy atom. The van der Waals surface area contributed by atoms with Crippen LogP contribution in [0.1, 0.15) is 31.0 Å². The molecule has 1 fully saturated rings. The standard InChI is InChI=1S/C22H25ClN8S/c1-21(26)13-3-2-7-27-14(13)11-22(21)5-9-31(10-6-22)16-12-29-20(19(25)30-16)32-15-4-8-28-18(24)17(15)23/h2-4,7-8,12H,5-6,9-11,26H2,1H3,(H2,24,28)(H2,25,30). The Labute approximate surface area is 196 Å². The maximum atomic E-state index is 6.89. The van der Waals surface area contributed by atoms with Gasteiger partial charge < -0.3 is 22.1 Å². The SMILES string of the molecule is CC1(N)c2cccnc2CC12CCN(c1cnc(Sc3ccnc(N)c3Cl)c(N)n1)CC2. The summed E-state index contributed by atoms with van der Waals surface area (Å²) in [5.41, 5.74) is 20.8. The molecule has 8 nitrogen and oxygen atoms in total. The number of piperidine rings is 1. The third-order valence-corrected chi connectivity index (χ3v) is 8.52. The Morgan fingerprint density at radius 2 is 1.84 bits per heavy atom. The molecule has 1 atom stereocenters. The van der Waals surface area contributed by atoms with Crippen LogP contribution in [0.25, 0.3) is 0 Å². The van der Waals surface area contributed by atoms with Crippen LogP contribution in [0.3, 0.4) is 0 Å². The molecule has 0 aromatic carbocycles. The fourth-order valence-electron chi connectivity index (χ4n) is 4.94. The number of nitrogen functional groups attached to an aromatic ring is 2. The number of hydrogen-bond donors (Lipinski definition) is 3. The third kappa shape index (κ3) is 3.35. The monoisotopic (exact) mass is 468 g/mol. The highest BCUT2D eigenvalue weighted by Gasteiger charge is 2.54. The van der Waals surface area contributed by atoms with E-state index in [9.17, 15) is 0 Å². The highest BCUT2D eigenvalue weighted by Crippen LogP contribution is 2.53. The van der Waals surface area contributed by atoms with E-state index in [1.54, 1.807) is 18.5 Å². The van der Waals surface area contributed by atoms with Crippen LogP contribution in [0.2, 0.25) is 5.02 Å². The fraction of sp³-hybridized carbons (Fsp3) is 0.364. The van der Waals surface area contributed by atoms with Crippen LogP contribution in [0.5, 0.6) is 0 Å². The minimum absolute atomic E-state index is 0.00692. The minimum Gasteiger partial charge on any atom is -0.382 e. The summed E-state index contributed by atoms with van der Waals surface area (Å²) in [6, 6.07) is 5.87. The lowest BCUT2D eigenvalue weighted by Crippen LogP contribution is -2.53. The molecule has 1 saturated heterocycles. The molecule has 3 aromatic rings. The molecule has 32 heavy (non-hydrogen) atoms. The molecule has 3 aromatic heterocycles. The van der Waals surface area contributed by atoms with Crippen molar-refractivity contribution < 1.29 is 0 Å². The lowest BCUT2D eigenvalue weighted by atomic mass is 9.65. The maximum Gasteiger partial charge on any atom is 0.158 e. The van der Waals surface area contributed by atoms with E-state index in [1.165, 1.54) is 17.3 Å². The molecular weight excluding hydrogens is 444 g/mol. The molecule has 166 valence electrons. The second kappa shape index (κ2) is 7.75. The first-order valence-electron chi connectivity index (χ1n) is 10.5. The van der Waals surface area contributed by atoms with Crippen LogP contribution in [-0.4, -0.2) is 33.0 Å². The molecule has 6 N–H and O–H groups in total. The van der Waals surface area contributed by atoms with Crippen molar-refractivity contribution in [3.63, 3.8) is 0 Å². The van der Waals surface area contributed by atoms with Gasteiger partial charge >= 0.3 is 0 Å². The van der Waals surface area contributed by atoms with Gasteiger partial charge in [0, 0.05) is 47.0 Å². The Morgan fingerprint density at radius 1 is 1.06 bits per heavy atom. The molecular formula is C22H25ClN8S. The first-order valence-corrected chi connectivity index (χ1v) is 11.7. The van der Waals surface area contributed by atoms with Crippen molar-refractivity contribution in [2.75, 3.05) is 29.5 Å². The van der Waals surface area contributed by atoms with Crippen LogP contribution in [0.15, 0.2) is 46.7 Å². The van der Waals surface area contributed by atoms with Gasteiger partial charge in [-0.2, -0.15) is 0 Å². The van der Waals surface area contributed by atoms with E-state index in [-0.39, 0.29) is 16.8 Å². The second-order valence-corrected chi connectivity index (χ2v) is 10.1. The molecule has 2 aliphatic rings. The highest BCUT2D eigenvalue weighted by atomic mass is 35.5. The van der Waals surface area contributed by atoms with Gasteiger partial charge in [0.05, 0.1) is 11.2 Å².